The van der Waals surface area contributed by atoms with Gasteiger partial charge in [-0.2, -0.15) is 0 Å². The first kappa shape index (κ1) is 22.7. The molecule has 0 unspecified atom stereocenters. The third-order valence-electron chi connectivity index (χ3n) is 5.45. The zero-order chi connectivity index (χ0) is 23.7. The molecule has 4 rings (SSSR count). The number of anilines is 2. The van der Waals surface area contributed by atoms with Gasteiger partial charge in [-0.05, 0) is 35.2 Å². The molecule has 33 heavy (non-hydrogen) atoms. The molecule has 0 aliphatic carbocycles. The van der Waals surface area contributed by atoms with Gasteiger partial charge in [0.25, 0.3) is 11.5 Å². The lowest BCUT2D eigenvalue weighted by Crippen LogP contribution is -2.47. The number of aromatic amines is 1. The molecule has 1 atom stereocenters. The monoisotopic (exact) mass is 468 g/mol. The molecular weight excluding hydrogens is 444 g/mol. The van der Waals surface area contributed by atoms with Crippen LogP contribution in [-0.2, 0) is 17.8 Å². The molecule has 0 spiro atoms. The average Bonchev–Trinajstić information content (AvgIpc) is 3.19. The first-order chi connectivity index (χ1) is 15.7. The largest absolute Gasteiger partial charge is 0.480 e. The van der Waals surface area contributed by atoms with Gasteiger partial charge in [0.1, 0.15) is 11.6 Å². The van der Waals surface area contributed by atoms with E-state index in [0.29, 0.717) is 17.2 Å². The summed E-state index contributed by atoms with van der Waals surface area (Å²) in [6, 6.07) is 14.4. The number of fused-ring (bicyclic) bond motifs is 1. The van der Waals surface area contributed by atoms with Crippen molar-refractivity contribution in [2.45, 2.75) is 32.9 Å². The van der Waals surface area contributed by atoms with Gasteiger partial charge in [0.2, 0.25) is 0 Å². The zero-order valence-electron chi connectivity index (χ0n) is 18.4. The Balaban J connectivity index is 1.73. The van der Waals surface area contributed by atoms with Gasteiger partial charge < -0.3 is 15.4 Å². The van der Waals surface area contributed by atoms with Gasteiger partial charge in [-0.15, -0.1) is 0 Å². The Morgan fingerprint density at radius 2 is 1.97 bits per heavy atom. The van der Waals surface area contributed by atoms with Crippen LogP contribution in [0.1, 0.15) is 25.0 Å². The second-order valence-corrected chi connectivity index (χ2v) is 8.91. The number of nitrogens with one attached hydrogen (secondary N) is 1. The first-order valence-electron chi connectivity index (χ1n) is 10.7. The summed E-state index contributed by atoms with van der Waals surface area (Å²) >= 11 is 6.07. The number of benzene rings is 2. The lowest BCUT2D eigenvalue weighted by Gasteiger charge is -2.28. The van der Waals surface area contributed by atoms with E-state index in [1.165, 1.54) is 9.47 Å². The Morgan fingerprint density at radius 1 is 1.24 bits per heavy atom. The Kier molecular flexibility index (Phi) is 6.29. The van der Waals surface area contributed by atoms with Crippen LogP contribution in [0.25, 0.3) is 0 Å². The molecule has 0 bridgehead atoms. The van der Waals surface area contributed by atoms with E-state index in [0.717, 1.165) is 11.1 Å². The van der Waals surface area contributed by atoms with Gasteiger partial charge in [0, 0.05) is 18.0 Å². The fourth-order valence-corrected chi connectivity index (χ4v) is 4.14. The fraction of sp³-hybridized carbons (Fsp3) is 0.292. The van der Waals surface area contributed by atoms with Crippen LogP contribution in [0.5, 0.6) is 5.75 Å². The van der Waals surface area contributed by atoms with E-state index in [-0.39, 0.29) is 30.5 Å². The van der Waals surface area contributed by atoms with Gasteiger partial charge >= 0.3 is 5.69 Å². The summed E-state index contributed by atoms with van der Waals surface area (Å²) in [6.45, 7) is 4.23. The average molecular weight is 469 g/mol. The number of nitrogens with zero attached hydrogens (tertiary/aromatic N) is 2. The van der Waals surface area contributed by atoms with Crippen molar-refractivity contribution >= 4 is 29.0 Å². The highest BCUT2D eigenvalue weighted by molar-refractivity contribution is 6.30. The number of amides is 1. The number of carbonyl (C=O) groups is 1. The molecule has 1 aliphatic heterocycles. The Hall–Kier alpha value is -3.52. The number of nitrogens with two attached hydrogens (primary N) is 1. The number of rotatable bonds is 6. The maximum Gasteiger partial charge on any atom is 0.330 e. The SMILES string of the molecule is CC(C)CN(C(=O)[C@@H]1Cc2cc(Cl)ccc2O1)c1c(N)n(Cc2ccccc2)c(=O)[nH]c1=O. The van der Waals surface area contributed by atoms with Crippen molar-refractivity contribution in [2.75, 3.05) is 17.2 Å². The van der Waals surface area contributed by atoms with Crippen molar-refractivity contribution in [2.24, 2.45) is 5.92 Å². The van der Waals surface area contributed by atoms with Gasteiger partial charge in [-0.25, -0.2) is 4.79 Å². The van der Waals surface area contributed by atoms with Crippen LogP contribution in [-0.4, -0.2) is 28.1 Å². The van der Waals surface area contributed by atoms with Crippen LogP contribution in [0.2, 0.25) is 5.02 Å². The third-order valence-corrected chi connectivity index (χ3v) is 5.69. The molecule has 2 heterocycles. The second kappa shape index (κ2) is 9.15. The predicted octanol–water partition coefficient (Wildman–Crippen LogP) is 2.81. The fourth-order valence-electron chi connectivity index (χ4n) is 3.95. The Bertz CT molecular complexity index is 1300. The van der Waals surface area contributed by atoms with E-state index in [1.54, 1.807) is 18.2 Å². The number of halogens is 1. The zero-order valence-corrected chi connectivity index (χ0v) is 19.1. The van der Waals surface area contributed by atoms with Crippen molar-refractivity contribution in [3.8, 4) is 5.75 Å². The van der Waals surface area contributed by atoms with Crippen molar-refractivity contribution in [3.05, 3.63) is 85.5 Å². The number of nitrogen functional groups attached to an aromatic ring is 1. The number of aromatic nitrogens is 2. The van der Waals surface area contributed by atoms with E-state index in [1.807, 2.05) is 44.2 Å². The second-order valence-electron chi connectivity index (χ2n) is 8.47. The van der Waals surface area contributed by atoms with Crippen LogP contribution in [0.4, 0.5) is 11.5 Å². The summed E-state index contributed by atoms with van der Waals surface area (Å²) < 4.78 is 7.13. The maximum atomic E-state index is 13.6. The number of H-pyrrole nitrogens is 1. The van der Waals surface area contributed by atoms with Crippen molar-refractivity contribution in [1.29, 1.82) is 0 Å². The van der Waals surface area contributed by atoms with Gasteiger partial charge in [0.15, 0.2) is 11.8 Å². The van der Waals surface area contributed by atoms with Crippen LogP contribution >= 0.6 is 11.6 Å². The van der Waals surface area contributed by atoms with E-state index in [9.17, 15) is 14.4 Å². The molecule has 2 aromatic carbocycles. The molecule has 3 aromatic rings. The molecule has 0 saturated carbocycles. The van der Waals surface area contributed by atoms with Crippen molar-refractivity contribution in [1.82, 2.24) is 9.55 Å². The number of ether oxygens (including phenoxy) is 1. The standard InChI is InChI=1S/C24H25ClN4O4/c1-14(2)12-28(23(31)19-11-16-10-17(25)8-9-18(16)33-19)20-21(26)29(24(32)27-22(20)30)13-15-6-4-3-5-7-15/h3-10,14,19H,11-13,26H2,1-2H3,(H,27,30,32)/t19-/m0/s1. The molecule has 1 amide bonds. The molecule has 1 aromatic heterocycles. The first-order valence-corrected chi connectivity index (χ1v) is 11.1. The Labute approximate surface area is 195 Å². The summed E-state index contributed by atoms with van der Waals surface area (Å²) in [5.74, 6) is 0.136. The lowest BCUT2D eigenvalue weighted by molar-refractivity contribution is -0.124. The molecule has 8 nitrogen and oxygen atoms in total. The van der Waals surface area contributed by atoms with Crippen LogP contribution in [0.15, 0.2) is 58.1 Å². The topological polar surface area (TPSA) is 110 Å². The summed E-state index contributed by atoms with van der Waals surface area (Å²) in [4.78, 5) is 42.6. The third kappa shape index (κ3) is 4.66. The van der Waals surface area contributed by atoms with Crippen molar-refractivity contribution < 1.29 is 9.53 Å². The Morgan fingerprint density at radius 3 is 2.67 bits per heavy atom. The summed E-state index contributed by atoms with van der Waals surface area (Å²) in [7, 11) is 0. The summed E-state index contributed by atoms with van der Waals surface area (Å²) in [5.41, 5.74) is 6.59. The number of hydrogen-bond donors (Lipinski definition) is 2. The van der Waals surface area contributed by atoms with Crippen molar-refractivity contribution in [3.63, 3.8) is 0 Å². The normalized spacial score (nSPS) is 14.7. The molecule has 172 valence electrons. The molecule has 0 fully saturated rings. The highest BCUT2D eigenvalue weighted by atomic mass is 35.5. The van der Waals surface area contributed by atoms with Gasteiger partial charge in [0.05, 0.1) is 6.54 Å². The molecule has 1 aliphatic rings. The minimum absolute atomic E-state index is 0.0282. The number of carbonyl (C=O) groups excluding carboxylic acids is 1. The van der Waals surface area contributed by atoms with E-state index >= 15 is 0 Å². The quantitative estimate of drug-likeness (QED) is 0.578. The smallest absolute Gasteiger partial charge is 0.330 e. The predicted molar refractivity (Wildman–Crippen MR) is 128 cm³/mol. The maximum absolute atomic E-state index is 13.6. The molecule has 3 N–H and O–H groups in total. The highest BCUT2D eigenvalue weighted by Gasteiger charge is 2.35. The summed E-state index contributed by atoms with van der Waals surface area (Å²) in [6.07, 6.45) is -0.504. The summed E-state index contributed by atoms with van der Waals surface area (Å²) in [5, 5.41) is 0.554. The van der Waals surface area contributed by atoms with Crippen LogP contribution in [0, 0.1) is 5.92 Å². The van der Waals surface area contributed by atoms with E-state index in [4.69, 9.17) is 22.1 Å². The molecular formula is C24H25ClN4O4. The lowest BCUT2D eigenvalue weighted by atomic mass is 10.1. The van der Waals surface area contributed by atoms with Gasteiger partial charge in [-0.3, -0.25) is 19.1 Å². The van der Waals surface area contributed by atoms with E-state index in [2.05, 4.69) is 4.98 Å². The minimum Gasteiger partial charge on any atom is -0.480 e. The number of hydrogen-bond acceptors (Lipinski definition) is 5. The highest BCUT2D eigenvalue weighted by Crippen LogP contribution is 2.32. The van der Waals surface area contributed by atoms with E-state index < -0.39 is 23.3 Å². The molecule has 0 radical (unpaired) electrons. The molecule has 9 heteroatoms. The minimum atomic E-state index is -0.828. The van der Waals surface area contributed by atoms with Gasteiger partial charge in [-0.1, -0.05) is 55.8 Å². The van der Waals surface area contributed by atoms with Crippen LogP contribution in [0.3, 0.4) is 0 Å². The van der Waals surface area contributed by atoms with Crippen LogP contribution < -0.4 is 26.6 Å². The molecule has 0 saturated heterocycles.